The molecule has 1 aliphatic heterocycles. The van der Waals surface area contributed by atoms with Crippen molar-refractivity contribution in [3.05, 3.63) is 129 Å². The maximum atomic E-state index is 14.6. The van der Waals surface area contributed by atoms with Crippen molar-refractivity contribution in [3.63, 3.8) is 0 Å². The predicted molar refractivity (Wildman–Crippen MR) is 165 cm³/mol. The number of carbonyl (C=O) groups is 2. The number of carbonyl (C=O) groups excluding carboxylic acids is 2. The molecule has 1 N–H and O–H groups in total. The lowest BCUT2D eigenvalue weighted by atomic mass is 9.76. The van der Waals surface area contributed by atoms with E-state index >= 15 is 0 Å². The van der Waals surface area contributed by atoms with Crippen molar-refractivity contribution >= 4 is 45.0 Å². The molecule has 4 atom stereocenters. The number of phenolic OH excluding ortho intramolecular Hbond substituents is 1. The predicted octanol–water partition coefficient (Wildman–Crippen LogP) is 6.83. The van der Waals surface area contributed by atoms with Crippen LogP contribution in [0.1, 0.15) is 45.9 Å². The maximum Gasteiger partial charge on any atom is 0.324 e. The van der Waals surface area contributed by atoms with E-state index in [1.807, 2.05) is 6.92 Å². The summed E-state index contributed by atoms with van der Waals surface area (Å²) in [5, 5.41) is 10.7. The van der Waals surface area contributed by atoms with E-state index in [-0.39, 0.29) is 21.2 Å². The lowest BCUT2D eigenvalue weighted by Gasteiger charge is -2.30. The lowest BCUT2D eigenvalue weighted by Crippen LogP contribution is -2.44. The number of methoxy groups -OCH3 is 1. The average molecular weight is 639 g/mol. The minimum atomic E-state index is -4.42. The van der Waals surface area contributed by atoms with Crippen LogP contribution >= 0.6 is 23.2 Å². The van der Waals surface area contributed by atoms with Gasteiger partial charge in [0.1, 0.15) is 11.8 Å². The number of hydrogen-bond donors (Lipinski definition) is 1. The van der Waals surface area contributed by atoms with Gasteiger partial charge in [-0.2, -0.15) is 4.31 Å². The molecule has 4 aromatic carbocycles. The monoisotopic (exact) mass is 637 g/mol. The van der Waals surface area contributed by atoms with E-state index in [0.29, 0.717) is 22.6 Å². The SMILES string of the molecule is CCc1ccc(S(=O)(=O)N2[C@H](c3ccccc3)[C@H](C(=O)c3cccc(O)c3)[C@@H](c3ccc(Cl)cc3Cl)[C@@H]2C(=O)OC)cc1. The number of aryl methyl sites for hydroxylation is 1. The molecule has 0 radical (unpaired) electrons. The van der Waals surface area contributed by atoms with E-state index in [9.17, 15) is 23.1 Å². The third-order valence-corrected chi connectivity index (χ3v) is 10.3. The molecule has 1 saturated heterocycles. The molecule has 0 spiro atoms. The molecule has 0 unspecified atom stereocenters. The number of sulfonamides is 1. The number of halogens is 2. The van der Waals surface area contributed by atoms with E-state index in [1.165, 1.54) is 43.5 Å². The quantitative estimate of drug-likeness (QED) is 0.168. The molecule has 1 heterocycles. The van der Waals surface area contributed by atoms with Crippen molar-refractivity contribution < 1.29 is 27.9 Å². The number of rotatable bonds is 8. The third-order valence-electron chi connectivity index (χ3n) is 7.86. The van der Waals surface area contributed by atoms with Gasteiger partial charge in [-0.05, 0) is 59.5 Å². The Labute approximate surface area is 260 Å². The van der Waals surface area contributed by atoms with Crippen molar-refractivity contribution in [3.8, 4) is 5.75 Å². The fourth-order valence-electron chi connectivity index (χ4n) is 5.87. The van der Waals surface area contributed by atoms with Crippen LogP contribution in [0.25, 0.3) is 0 Å². The molecule has 1 aliphatic rings. The highest BCUT2D eigenvalue weighted by molar-refractivity contribution is 7.89. The lowest BCUT2D eigenvalue weighted by molar-refractivity contribution is -0.145. The van der Waals surface area contributed by atoms with Crippen LogP contribution in [0.15, 0.2) is 102 Å². The molecule has 4 aromatic rings. The van der Waals surface area contributed by atoms with Gasteiger partial charge in [0, 0.05) is 21.5 Å². The topological polar surface area (TPSA) is 101 Å². The van der Waals surface area contributed by atoms with Gasteiger partial charge < -0.3 is 9.84 Å². The van der Waals surface area contributed by atoms with Crippen LogP contribution in [0.3, 0.4) is 0 Å². The van der Waals surface area contributed by atoms with Gasteiger partial charge in [0.05, 0.1) is 24.0 Å². The van der Waals surface area contributed by atoms with Gasteiger partial charge in [0.15, 0.2) is 5.78 Å². The molecular weight excluding hydrogens is 609 g/mol. The van der Waals surface area contributed by atoms with Crippen LogP contribution in [0.2, 0.25) is 10.0 Å². The first-order valence-electron chi connectivity index (χ1n) is 13.6. The molecule has 7 nitrogen and oxygen atoms in total. The van der Waals surface area contributed by atoms with Gasteiger partial charge in [-0.25, -0.2) is 8.42 Å². The number of ketones is 1. The second kappa shape index (κ2) is 12.5. The summed E-state index contributed by atoms with van der Waals surface area (Å²) in [7, 11) is -3.25. The highest BCUT2D eigenvalue weighted by atomic mass is 35.5. The third kappa shape index (κ3) is 5.80. The summed E-state index contributed by atoms with van der Waals surface area (Å²) in [6.07, 6.45) is 0.707. The molecular formula is C33H29Cl2NO6S. The zero-order valence-electron chi connectivity index (χ0n) is 23.4. The van der Waals surface area contributed by atoms with Gasteiger partial charge in [-0.15, -0.1) is 0 Å². The minimum absolute atomic E-state index is 0.0362. The molecule has 0 aliphatic carbocycles. The number of hydrogen-bond acceptors (Lipinski definition) is 6. The summed E-state index contributed by atoms with van der Waals surface area (Å²) in [6.45, 7) is 1.96. The molecule has 0 amide bonds. The van der Waals surface area contributed by atoms with Crippen molar-refractivity contribution in [1.29, 1.82) is 0 Å². The molecule has 5 rings (SSSR count). The smallest absolute Gasteiger partial charge is 0.324 e. The number of ether oxygens (including phenoxy) is 1. The van der Waals surface area contributed by atoms with Crippen LogP contribution in [0.4, 0.5) is 0 Å². The van der Waals surface area contributed by atoms with Gasteiger partial charge in [0.2, 0.25) is 10.0 Å². The first kappa shape index (κ1) is 30.8. The highest BCUT2D eigenvalue weighted by Crippen LogP contribution is 2.54. The number of phenols is 1. The summed E-state index contributed by atoms with van der Waals surface area (Å²) in [5.74, 6) is -3.70. The van der Waals surface area contributed by atoms with E-state index in [2.05, 4.69) is 0 Å². The number of nitrogens with zero attached hydrogens (tertiary/aromatic N) is 1. The molecule has 222 valence electrons. The van der Waals surface area contributed by atoms with Gasteiger partial charge in [-0.1, -0.05) is 90.8 Å². The number of esters is 1. The maximum absolute atomic E-state index is 14.6. The van der Waals surface area contributed by atoms with E-state index in [1.54, 1.807) is 60.7 Å². The molecule has 0 saturated carbocycles. The number of benzene rings is 4. The van der Waals surface area contributed by atoms with Gasteiger partial charge in [0.25, 0.3) is 0 Å². The Kier molecular flexibility index (Phi) is 8.94. The number of aromatic hydroxyl groups is 1. The van der Waals surface area contributed by atoms with Crippen molar-refractivity contribution in [2.75, 3.05) is 7.11 Å². The first-order chi connectivity index (χ1) is 20.6. The van der Waals surface area contributed by atoms with Crippen molar-refractivity contribution in [2.24, 2.45) is 5.92 Å². The van der Waals surface area contributed by atoms with Crippen LogP contribution in [-0.4, -0.2) is 42.7 Å². The highest BCUT2D eigenvalue weighted by Gasteiger charge is 2.60. The number of Topliss-reactive ketones (excluding diaryl/α,β-unsaturated/α-hetero) is 1. The van der Waals surface area contributed by atoms with E-state index in [0.717, 1.165) is 9.87 Å². The van der Waals surface area contributed by atoms with Crippen molar-refractivity contribution in [1.82, 2.24) is 4.31 Å². The molecule has 0 aromatic heterocycles. The average Bonchev–Trinajstić information content (AvgIpc) is 3.37. The summed E-state index contributed by atoms with van der Waals surface area (Å²) < 4.78 is 35.6. The summed E-state index contributed by atoms with van der Waals surface area (Å²) in [5.41, 5.74) is 1.94. The van der Waals surface area contributed by atoms with Gasteiger partial charge in [-0.3, -0.25) is 9.59 Å². The summed E-state index contributed by atoms with van der Waals surface area (Å²) in [4.78, 5) is 28.3. The first-order valence-corrected chi connectivity index (χ1v) is 15.8. The second-order valence-corrected chi connectivity index (χ2v) is 13.0. The standard InChI is InChI=1S/C33H29Cl2NO6S/c1-3-20-12-15-25(16-13-20)43(40,41)36-30(21-8-5-4-6-9-21)29(32(38)22-10-7-11-24(37)18-22)28(31(36)33(39)42-2)26-17-14-23(34)19-27(26)35/h4-19,28-31,37H,3H2,1-2H3/t28-,29-,30-,31-/m1/s1. The van der Waals surface area contributed by atoms with Crippen molar-refractivity contribution in [2.45, 2.75) is 36.2 Å². The Morgan fingerprint density at radius 1 is 0.907 bits per heavy atom. The fourth-order valence-corrected chi connectivity index (χ4v) is 8.20. The van der Waals surface area contributed by atoms with Crippen LogP contribution in [0, 0.1) is 5.92 Å². The Morgan fingerprint density at radius 3 is 2.21 bits per heavy atom. The molecule has 43 heavy (non-hydrogen) atoms. The Hall–Kier alpha value is -3.69. The normalized spacial score (nSPS) is 20.6. The molecule has 1 fully saturated rings. The summed E-state index contributed by atoms with van der Waals surface area (Å²) in [6, 6.07) is 23.0. The largest absolute Gasteiger partial charge is 0.508 e. The van der Waals surface area contributed by atoms with Crippen LogP contribution in [0.5, 0.6) is 5.75 Å². The minimum Gasteiger partial charge on any atom is -0.508 e. The Balaban J connectivity index is 1.84. The zero-order valence-corrected chi connectivity index (χ0v) is 25.7. The zero-order chi connectivity index (χ0) is 30.9. The van der Waals surface area contributed by atoms with E-state index < -0.39 is 45.7 Å². The Morgan fingerprint density at radius 2 is 1.60 bits per heavy atom. The summed E-state index contributed by atoms with van der Waals surface area (Å²) >= 11 is 12.9. The van der Waals surface area contributed by atoms with E-state index in [4.69, 9.17) is 27.9 Å². The molecule has 0 bridgehead atoms. The van der Waals surface area contributed by atoms with Gasteiger partial charge >= 0.3 is 5.97 Å². The molecule has 10 heteroatoms. The fraction of sp³-hybridized carbons (Fsp3) is 0.212. The second-order valence-electron chi connectivity index (χ2n) is 10.3. The van der Waals surface area contributed by atoms with Crippen LogP contribution in [-0.2, 0) is 26.0 Å². The van der Waals surface area contributed by atoms with Crippen LogP contribution < -0.4 is 0 Å². The Bertz CT molecular complexity index is 1760.